The van der Waals surface area contributed by atoms with Crippen LogP contribution in [0.5, 0.6) is 5.75 Å². The van der Waals surface area contributed by atoms with Crippen molar-refractivity contribution in [2.24, 2.45) is 0 Å². The van der Waals surface area contributed by atoms with Crippen LogP contribution in [0.15, 0.2) is 22.0 Å². The fourth-order valence-electron chi connectivity index (χ4n) is 1.38. The van der Waals surface area contributed by atoms with E-state index in [0.29, 0.717) is 0 Å². The van der Waals surface area contributed by atoms with Gasteiger partial charge in [-0.05, 0) is 35.0 Å². The highest BCUT2D eigenvalue weighted by Crippen LogP contribution is 2.43. The van der Waals surface area contributed by atoms with Gasteiger partial charge in [0.1, 0.15) is 5.75 Å². The van der Waals surface area contributed by atoms with Crippen molar-refractivity contribution < 1.29 is 4.74 Å². The Labute approximate surface area is 120 Å². The molecule has 2 aromatic rings. The summed E-state index contributed by atoms with van der Waals surface area (Å²) in [7, 11) is 1.69. The number of aryl methyl sites for hydroxylation is 1. The van der Waals surface area contributed by atoms with Crippen molar-refractivity contribution in [3.8, 4) is 5.75 Å². The van der Waals surface area contributed by atoms with Crippen LogP contribution in [0.2, 0.25) is 0 Å². The fourth-order valence-corrected chi connectivity index (χ4v) is 5.46. The quantitative estimate of drug-likeness (QED) is 0.649. The van der Waals surface area contributed by atoms with Crippen LogP contribution in [0, 0.1) is 6.92 Å². The summed E-state index contributed by atoms with van der Waals surface area (Å²) in [6.45, 7) is 2.12. The van der Waals surface area contributed by atoms with Crippen LogP contribution in [0.4, 0.5) is 0 Å². The molecule has 0 spiro atoms. The first-order valence-corrected chi connectivity index (χ1v) is 8.04. The van der Waals surface area contributed by atoms with Gasteiger partial charge in [0.15, 0.2) is 0 Å². The Bertz CT molecular complexity index is 490. The van der Waals surface area contributed by atoms with Crippen LogP contribution < -0.4 is 4.74 Å². The second kappa shape index (κ2) is 5.21. The summed E-state index contributed by atoms with van der Waals surface area (Å²) in [5.74, 6) is 0.925. The second-order valence-electron chi connectivity index (χ2n) is 3.32. The SMILES string of the molecule is COc1csc(C(Br)c2sc(C)cc2Br)c1. The number of rotatable bonds is 3. The van der Waals surface area contributed by atoms with E-state index >= 15 is 0 Å². The third kappa shape index (κ3) is 2.53. The number of hydrogen-bond donors (Lipinski definition) is 0. The van der Waals surface area contributed by atoms with Gasteiger partial charge >= 0.3 is 0 Å². The molecule has 0 fully saturated rings. The smallest absolute Gasteiger partial charge is 0.129 e. The summed E-state index contributed by atoms with van der Waals surface area (Å²) in [6.07, 6.45) is 0. The molecule has 0 aliphatic carbocycles. The highest BCUT2D eigenvalue weighted by atomic mass is 79.9. The third-order valence-electron chi connectivity index (χ3n) is 2.15. The zero-order valence-corrected chi connectivity index (χ0v) is 13.6. The van der Waals surface area contributed by atoms with Crippen molar-refractivity contribution >= 4 is 54.5 Å². The molecule has 1 atom stereocenters. The predicted molar refractivity (Wildman–Crippen MR) is 78.4 cm³/mol. The number of alkyl halides is 1. The van der Waals surface area contributed by atoms with Gasteiger partial charge in [-0.15, -0.1) is 22.7 Å². The molecular weight excluding hydrogens is 372 g/mol. The Morgan fingerprint density at radius 3 is 2.62 bits per heavy atom. The number of methoxy groups -OCH3 is 1. The van der Waals surface area contributed by atoms with Crippen molar-refractivity contribution in [1.29, 1.82) is 0 Å². The molecule has 0 N–H and O–H groups in total. The van der Waals surface area contributed by atoms with Gasteiger partial charge in [-0.25, -0.2) is 0 Å². The molecular formula is C11H10Br2OS2. The van der Waals surface area contributed by atoms with Gasteiger partial charge in [0, 0.05) is 24.5 Å². The van der Waals surface area contributed by atoms with E-state index in [1.165, 1.54) is 19.1 Å². The summed E-state index contributed by atoms with van der Waals surface area (Å²) in [5.41, 5.74) is 0. The average Bonchev–Trinajstić information content (AvgIpc) is 2.84. The van der Waals surface area contributed by atoms with E-state index in [2.05, 4.69) is 50.9 Å². The largest absolute Gasteiger partial charge is 0.496 e. The molecule has 1 unspecified atom stereocenters. The van der Waals surface area contributed by atoms with Crippen LogP contribution in [0.1, 0.15) is 19.5 Å². The topological polar surface area (TPSA) is 9.23 Å². The lowest BCUT2D eigenvalue weighted by Gasteiger charge is -2.05. The zero-order chi connectivity index (χ0) is 11.7. The van der Waals surface area contributed by atoms with E-state index in [1.807, 2.05) is 5.38 Å². The summed E-state index contributed by atoms with van der Waals surface area (Å²) in [5, 5.41) is 2.03. The molecule has 2 aromatic heterocycles. The van der Waals surface area contributed by atoms with Crippen LogP contribution in [-0.2, 0) is 0 Å². The first-order valence-electron chi connectivity index (χ1n) is 4.64. The Hall–Kier alpha value is 0.160. The summed E-state index contributed by atoms with van der Waals surface area (Å²) >= 11 is 10.8. The Balaban J connectivity index is 2.31. The number of ether oxygens (including phenoxy) is 1. The molecule has 0 saturated heterocycles. The van der Waals surface area contributed by atoms with Gasteiger partial charge in [0.05, 0.1) is 11.9 Å². The highest BCUT2D eigenvalue weighted by Gasteiger charge is 2.18. The van der Waals surface area contributed by atoms with Gasteiger partial charge in [0.2, 0.25) is 0 Å². The lowest BCUT2D eigenvalue weighted by atomic mass is 10.3. The number of hydrogen-bond acceptors (Lipinski definition) is 3. The molecule has 0 radical (unpaired) electrons. The fraction of sp³-hybridized carbons (Fsp3) is 0.273. The maximum absolute atomic E-state index is 5.20. The minimum atomic E-state index is 0.245. The van der Waals surface area contributed by atoms with Gasteiger partial charge in [-0.2, -0.15) is 0 Å². The minimum Gasteiger partial charge on any atom is -0.496 e. The van der Waals surface area contributed by atoms with Crippen molar-refractivity contribution in [2.45, 2.75) is 11.8 Å². The lowest BCUT2D eigenvalue weighted by molar-refractivity contribution is 0.416. The van der Waals surface area contributed by atoms with Crippen LogP contribution in [0.25, 0.3) is 0 Å². The van der Waals surface area contributed by atoms with Gasteiger partial charge in [-0.1, -0.05) is 15.9 Å². The Morgan fingerprint density at radius 2 is 2.12 bits per heavy atom. The lowest BCUT2D eigenvalue weighted by Crippen LogP contribution is -1.86. The molecule has 0 amide bonds. The predicted octanol–water partition coefficient (Wildman–Crippen LogP) is 5.37. The minimum absolute atomic E-state index is 0.245. The van der Waals surface area contributed by atoms with Gasteiger partial charge < -0.3 is 4.74 Å². The standard InChI is InChI=1S/C11H10Br2OS2/c1-6-3-8(12)11(16-6)10(13)9-4-7(14-2)5-15-9/h3-5,10H,1-2H3. The third-order valence-corrected chi connectivity index (χ3v) is 6.71. The molecule has 0 saturated carbocycles. The van der Waals surface area contributed by atoms with E-state index in [-0.39, 0.29) is 4.83 Å². The summed E-state index contributed by atoms with van der Waals surface area (Å²) in [4.78, 5) is 4.13. The maximum Gasteiger partial charge on any atom is 0.129 e. The average molecular weight is 382 g/mol. The normalized spacial score (nSPS) is 12.8. The molecule has 1 nitrogen and oxygen atoms in total. The van der Waals surface area contributed by atoms with Crippen LogP contribution in [-0.4, -0.2) is 7.11 Å². The first-order chi connectivity index (χ1) is 7.61. The van der Waals surface area contributed by atoms with Crippen LogP contribution >= 0.6 is 54.5 Å². The molecule has 0 aliphatic heterocycles. The van der Waals surface area contributed by atoms with E-state index in [4.69, 9.17) is 4.74 Å². The summed E-state index contributed by atoms with van der Waals surface area (Å²) < 4.78 is 6.37. The van der Waals surface area contributed by atoms with E-state index in [1.54, 1.807) is 29.8 Å². The maximum atomic E-state index is 5.20. The number of thiophene rings is 2. The molecule has 0 aliphatic rings. The van der Waals surface area contributed by atoms with E-state index < -0.39 is 0 Å². The van der Waals surface area contributed by atoms with Crippen molar-refractivity contribution in [3.05, 3.63) is 36.6 Å². The first kappa shape index (κ1) is 12.6. The molecule has 0 bridgehead atoms. The molecule has 86 valence electrons. The van der Waals surface area contributed by atoms with Crippen molar-refractivity contribution in [2.75, 3.05) is 7.11 Å². The Morgan fingerprint density at radius 1 is 1.38 bits per heavy atom. The molecule has 16 heavy (non-hydrogen) atoms. The second-order valence-corrected chi connectivity index (χ2v) is 7.32. The molecule has 2 rings (SSSR count). The molecule has 0 aromatic carbocycles. The van der Waals surface area contributed by atoms with Crippen molar-refractivity contribution in [3.63, 3.8) is 0 Å². The Kier molecular flexibility index (Phi) is 4.11. The monoisotopic (exact) mass is 380 g/mol. The van der Waals surface area contributed by atoms with E-state index in [0.717, 1.165) is 5.75 Å². The summed E-state index contributed by atoms with van der Waals surface area (Å²) in [6, 6.07) is 4.23. The van der Waals surface area contributed by atoms with Gasteiger partial charge in [0.25, 0.3) is 0 Å². The molecule has 2 heterocycles. The van der Waals surface area contributed by atoms with Crippen LogP contribution in [0.3, 0.4) is 0 Å². The number of halogens is 2. The van der Waals surface area contributed by atoms with E-state index in [9.17, 15) is 0 Å². The van der Waals surface area contributed by atoms with Gasteiger partial charge in [-0.3, -0.25) is 0 Å². The van der Waals surface area contributed by atoms with Crippen molar-refractivity contribution in [1.82, 2.24) is 0 Å². The zero-order valence-electron chi connectivity index (χ0n) is 8.79. The molecule has 5 heteroatoms. The highest BCUT2D eigenvalue weighted by molar-refractivity contribution is 9.11.